The molecule has 13 N–H and O–H groups in total. The second-order valence-corrected chi connectivity index (χ2v) is 16.7. The molecule has 6 unspecified atom stereocenters. The summed E-state index contributed by atoms with van der Waals surface area (Å²) in [5, 5.41) is 24.6. The van der Waals surface area contributed by atoms with Gasteiger partial charge in [-0.3, -0.25) is 28.8 Å². The van der Waals surface area contributed by atoms with Crippen molar-refractivity contribution in [1.29, 1.82) is 0 Å². The van der Waals surface area contributed by atoms with Crippen molar-refractivity contribution in [2.24, 2.45) is 23.1 Å². The Morgan fingerprint density at radius 2 is 1.25 bits per heavy atom. The molecular formula is C41H61N9O7S2. The van der Waals surface area contributed by atoms with E-state index in [0.717, 1.165) is 16.5 Å². The predicted molar refractivity (Wildman–Crippen MR) is 234 cm³/mol. The fourth-order valence-electron chi connectivity index (χ4n) is 6.37. The summed E-state index contributed by atoms with van der Waals surface area (Å²) in [6, 6.07) is 7.36. The van der Waals surface area contributed by atoms with E-state index >= 15 is 0 Å². The average Bonchev–Trinajstić information content (AvgIpc) is 3.61. The van der Waals surface area contributed by atoms with E-state index in [-0.39, 0.29) is 31.4 Å². The van der Waals surface area contributed by atoms with E-state index in [0.29, 0.717) is 42.9 Å². The minimum absolute atomic E-state index is 0.00869. The summed E-state index contributed by atoms with van der Waals surface area (Å²) < 4.78 is 0. The molecule has 0 saturated heterocycles. The van der Waals surface area contributed by atoms with Gasteiger partial charge in [0.1, 0.15) is 36.0 Å². The highest BCUT2D eigenvalue weighted by molar-refractivity contribution is 7.98. The van der Waals surface area contributed by atoms with Gasteiger partial charge in [0.25, 0.3) is 0 Å². The first-order valence-electron chi connectivity index (χ1n) is 19.8. The lowest BCUT2D eigenvalue weighted by atomic mass is 10.0. The van der Waals surface area contributed by atoms with Gasteiger partial charge < -0.3 is 53.9 Å². The van der Waals surface area contributed by atoms with Gasteiger partial charge in [0.15, 0.2) is 0 Å². The zero-order valence-electron chi connectivity index (χ0n) is 34.3. The number of aromatic hydroxyl groups is 1. The minimum Gasteiger partial charge on any atom is -0.508 e. The van der Waals surface area contributed by atoms with Gasteiger partial charge in [-0.25, -0.2) is 0 Å². The van der Waals surface area contributed by atoms with Gasteiger partial charge in [-0.05, 0) is 104 Å². The van der Waals surface area contributed by atoms with E-state index in [1.165, 1.54) is 35.7 Å². The Morgan fingerprint density at radius 1 is 0.695 bits per heavy atom. The number of fused-ring (bicyclic) bond motifs is 1. The van der Waals surface area contributed by atoms with Crippen molar-refractivity contribution in [3.8, 4) is 5.75 Å². The van der Waals surface area contributed by atoms with E-state index in [1.807, 2.05) is 36.8 Å². The monoisotopic (exact) mass is 855 g/mol. The Hall–Kier alpha value is -4.78. The molecule has 1 heterocycles. The molecule has 0 radical (unpaired) electrons. The van der Waals surface area contributed by atoms with Crippen LogP contribution in [0.4, 0.5) is 0 Å². The number of H-pyrrole nitrogens is 1. The smallest absolute Gasteiger partial charge is 0.243 e. The number of nitrogens with one attached hydrogen (secondary N) is 6. The zero-order valence-corrected chi connectivity index (χ0v) is 35.9. The van der Waals surface area contributed by atoms with Crippen molar-refractivity contribution in [2.75, 3.05) is 30.6 Å². The Balaban J connectivity index is 1.84. The van der Waals surface area contributed by atoms with Crippen LogP contribution in [-0.2, 0) is 41.6 Å². The maximum atomic E-state index is 14.2. The third-order valence-corrected chi connectivity index (χ3v) is 11.1. The quantitative estimate of drug-likeness (QED) is 0.0512. The number of phenols is 1. The third kappa shape index (κ3) is 15.7. The van der Waals surface area contributed by atoms with Crippen molar-refractivity contribution in [2.45, 2.75) is 95.0 Å². The van der Waals surface area contributed by atoms with E-state index < -0.39 is 77.6 Å². The number of aromatic amines is 1. The van der Waals surface area contributed by atoms with Gasteiger partial charge in [-0.15, -0.1) is 0 Å². The summed E-state index contributed by atoms with van der Waals surface area (Å²) in [6.45, 7) is 3.85. The molecule has 0 fully saturated rings. The highest BCUT2D eigenvalue weighted by atomic mass is 32.2. The van der Waals surface area contributed by atoms with E-state index in [4.69, 9.17) is 17.2 Å². The molecule has 0 aliphatic heterocycles. The third-order valence-electron chi connectivity index (χ3n) is 9.80. The first kappa shape index (κ1) is 48.6. The number of thioether (sulfide) groups is 2. The maximum absolute atomic E-state index is 14.2. The molecule has 0 aliphatic rings. The number of unbranched alkanes of at least 4 members (excludes halogenated alkanes) is 1. The summed E-state index contributed by atoms with van der Waals surface area (Å²) in [4.78, 5) is 84.2. The van der Waals surface area contributed by atoms with Crippen LogP contribution in [0.5, 0.6) is 5.75 Å². The largest absolute Gasteiger partial charge is 0.508 e. The van der Waals surface area contributed by atoms with Crippen molar-refractivity contribution < 1.29 is 33.9 Å². The Labute approximate surface area is 354 Å². The predicted octanol–water partition coefficient (Wildman–Crippen LogP) is 1.19. The first-order valence-corrected chi connectivity index (χ1v) is 22.5. The number of rotatable bonds is 26. The molecular weight excluding hydrogens is 795 g/mol. The standard InChI is InChI=1S/C41H61N9O7S2/c1-24(2)35(41(57)46-31(36(44)52)16-19-58-3)50-39(55)33(17-20-59-4)48-40(56)34(21-25-12-14-27(51)15-13-25)49-38(54)32(11-7-8-18-42)47-37(53)29(43)22-26-23-45-30-10-6-5-9-28(26)30/h5-6,9-10,12-15,23-24,29,31-35,45,51H,7-8,11,16-22,42-43H2,1-4H3,(H2,44,52)(H,46,57)(H,47,53)(H,48,56)(H,49,54)(H,50,55). The number of benzene rings is 2. The minimum atomic E-state index is -1.23. The highest BCUT2D eigenvalue weighted by Crippen LogP contribution is 2.19. The van der Waals surface area contributed by atoms with Gasteiger partial charge in [-0.2, -0.15) is 23.5 Å². The number of hydrogen-bond donors (Lipinski definition) is 10. The number of carbonyl (C=O) groups is 6. The summed E-state index contributed by atoms with van der Waals surface area (Å²) >= 11 is 2.95. The lowest BCUT2D eigenvalue weighted by Gasteiger charge is -2.28. The molecule has 3 aromatic rings. The van der Waals surface area contributed by atoms with Crippen LogP contribution >= 0.6 is 23.5 Å². The zero-order chi connectivity index (χ0) is 43.5. The SMILES string of the molecule is CSCCC(NC(=O)C(NC(=O)C(CCSC)NC(=O)C(Cc1ccc(O)cc1)NC(=O)C(CCCCN)NC(=O)C(N)Cc1c[nH]c2ccccc12)C(C)C)C(N)=O. The normalized spacial score (nSPS) is 14.4. The molecule has 0 bridgehead atoms. The van der Waals surface area contributed by atoms with Gasteiger partial charge >= 0.3 is 0 Å². The molecule has 324 valence electrons. The molecule has 6 atom stereocenters. The number of hydrogen-bond acceptors (Lipinski definition) is 11. The molecule has 0 spiro atoms. The number of carbonyl (C=O) groups excluding carboxylic acids is 6. The summed E-state index contributed by atoms with van der Waals surface area (Å²) in [5.41, 5.74) is 20.0. The van der Waals surface area contributed by atoms with Crippen LogP contribution in [0.2, 0.25) is 0 Å². The molecule has 3 rings (SSSR count). The van der Waals surface area contributed by atoms with Gasteiger partial charge in [0.05, 0.1) is 6.04 Å². The van der Waals surface area contributed by atoms with Crippen molar-refractivity contribution in [1.82, 2.24) is 31.6 Å². The van der Waals surface area contributed by atoms with Crippen LogP contribution < -0.4 is 43.8 Å². The number of primary amides is 1. The molecule has 59 heavy (non-hydrogen) atoms. The molecule has 1 aromatic heterocycles. The molecule has 16 nitrogen and oxygen atoms in total. The van der Waals surface area contributed by atoms with Gasteiger partial charge in [0, 0.05) is 23.5 Å². The summed E-state index contributed by atoms with van der Waals surface area (Å²) in [5.74, 6) is -3.12. The fraction of sp³-hybridized carbons (Fsp3) is 0.512. The van der Waals surface area contributed by atoms with Crippen LogP contribution in [0, 0.1) is 5.92 Å². The summed E-state index contributed by atoms with van der Waals surface area (Å²) in [7, 11) is 0. The Kier molecular flexibility index (Phi) is 20.6. The van der Waals surface area contributed by atoms with Crippen molar-refractivity contribution >= 4 is 69.9 Å². The van der Waals surface area contributed by atoms with Crippen molar-refractivity contribution in [3.05, 3.63) is 65.9 Å². The van der Waals surface area contributed by atoms with Crippen LogP contribution in [0.1, 0.15) is 57.1 Å². The van der Waals surface area contributed by atoms with E-state index in [9.17, 15) is 33.9 Å². The molecule has 0 saturated carbocycles. The number of aromatic nitrogens is 1. The fourth-order valence-corrected chi connectivity index (χ4v) is 7.31. The first-order chi connectivity index (χ1) is 28.2. The van der Waals surface area contributed by atoms with Crippen LogP contribution in [-0.4, -0.2) is 112 Å². The highest BCUT2D eigenvalue weighted by Gasteiger charge is 2.33. The second-order valence-electron chi connectivity index (χ2n) is 14.8. The molecule has 0 aliphatic carbocycles. The molecule has 6 amide bonds. The van der Waals surface area contributed by atoms with Crippen LogP contribution in [0.15, 0.2) is 54.7 Å². The topological polar surface area (TPSA) is 277 Å². The molecule has 2 aromatic carbocycles. The van der Waals surface area contributed by atoms with Gasteiger partial charge in [0.2, 0.25) is 35.4 Å². The summed E-state index contributed by atoms with van der Waals surface area (Å²) in [6.07, 6.45) is 7.50. The van der Waals surface area contributed by atoms with Gasteiger partial charge in [-0.1, -0.05) is 44.2 Å². The lowest BCUT2D eigenvalue weighted by molar-refractivity contribution is -0.135. The van der Waals surface area contributed by atoms with E-state index in [1.54, 1.807) is 32.2 Å². The molecule has 18 heteroatoms. The number of nitrogens with two attached hydrogens (primary N) is 3. The Bertz CT molecular complexity index is 1840. The average molecular weight is 856 g/mol. The Morgan fingerprint density at radius 3 is 1.88 bits per heavy atom. The second kappa shape index (κ2) is 25.0. The maximum Gasteiger partial charge on any atom is 0.243 e. The lowest BCUT2D eigenvalue weighted by Crippen LogP contribution is -2.60. The van der Waals surface area contributed by atoms with Crippen LogP contribution in [0.3, 0.4) is 0 Å². The number of para-hydroxylation sites is 1. The van der Waals surface area contributed by atoms with Crippen molar-refractivity contribution in [3.63, 3.8) is 0 Å². The number of amides is 6. The van der Waals surface area contributed by atoms with E-state index in [2.05, 4.69) is 31.6 Å². The number of phenolic OH excluding ortho intramolecular Hbond substituents is 1. The van der Waals surface area contributed by atoms with Crippen LogP contribution in [0.25, 0.3) is 10.9 Å².